The fourth-order valence-corrected chi connectivity index (χ4v) is 2.70. The Morgan fingerprint density at radius 1 is 1.12 bits per heavy atom. The van der Waals surface area contributed by atoms with Crippen LogP contribution in [0, 0.1) is 6.92 Å². The van der Waals surface area contributed by atoms with E-state index in [1.165, 1.54) is 6.07 Å². The second kappa shape index (κ2) is 7.21. The molecule has 1 N–H and O–H groups in total. The van der Waals surface area contributed by atoms with Gasteiger partial charge in [0.05, 0.1) is 12.1 Å². The fourth-order valence-electron chi connectivity index (χ4n) is 2.70. The van der Waals surface area contributed by atoms with Crippen LogP contribution in [0.4, 0.5) is 0 Å². The van der Waals surface area contributed by atoms with Gasteiger partial charge in [0.25, 0.3) is 5.91 Å². The van der Waals surface area contributed by atoms with Gasteiger partial charge < -0.3 is 14.6 Å². The molecule has 1 amide bonds. The van der Waals surface area contributed by atoms with Crippen molar-refractivity contribution in [2.45, 2.75) is 6.92 Å². The van der Waals surface area contributed by atoms with Crippen LogP contribution in [-0.4, -0.2) is 36.0 Å². The number of likely N-dealkylation sites (N-methyl/N-ethyl adjacent to an activating group) is 1. The number of H-pyrrole nitrogens is 1. The molecule has 0 unspecified atom stereocenters. The Morgan fingerprint density at radius 2 is 1.84 bits per heavy atom. The quantitative estimate of drug-likeness (QED) is 0.779. The molecule has 0 bridgehead atoms. The Labute approximate surface area is 145 Å². The van der Waals surface area contributed by atoms with Crippen LogP contribution >= 0.6 is 0 Å². The lowest BCUT2D eigenvalue weighted by molar-refractivity contribution is 0.0775. The highest BCUT2D eigenvalue weighted by atomic mass is 16.5. The molecule has 5 heteroatoms. The first-order chi connectivity index (χ1) is 12.1. The zero-order chi connectivity index (χ0) is 17.8. The Hall–Kier alpha value is -3.08. The molecule has 0 aliphatic rings. The van der Waals surface area contributed by atoms with Crippen molar-refractivity contribution >= 4 is 16.8 Å². The van der Waals surface area contributed by atoms with E-state index in [1.807, 2.05) is 49.4 Å². The molecular formula is C20H20N2O3. The Kier molecular flexibility index (Phi) is 4.84. The molecular weight excluding hydrogens is 316 g/mol. The van der Waals surface area contributed by atoms with Crippen LogP contribution in [0.25, 0.3) is 10.9 Å². The molecule has 0 fully saturated rings. The van der Waals surface area contributed by atoms with Crippen molar-refractivity contribution in [2.24, 2.45) is 0 Å². The van der Waals surface area contributed by atoms with Crippen molar-refractivity contribution in [3.05, 3.63) is 76.1 Å². The molecule has 5 nitrogen and oxygen atoms in total. The number of nitrogens with one attached hydrogen (secondary N) is 1. The Morgan fingerprint density at radius 3 is 2.64 bits per heavy atom. The maximum atomic E-state index is 12.7. The minimum atomic E-state index is -0.286. The predicted octanol–water partition coefficient (Wildman–Crippen LogP) is 2.99. The number of carbonyl (C=O) groups is 1. The average molecular weight is 336 g/mol. The SMILES string of the molecule is Cc1ccccc1OCCN(C)C(=O)c1cc(=O)[nH]c2ccccc12. The van der Waals surface area contributed by atoms with Gasteiger partial charge in [-0.05, 0) is 24.6 Å². The molecule has 0 aliphatic carbocycles. The molecule has 3 rings (SSSR count). The van der Waals surface area contributed by atoms with Gasteiger partial charge in [-0.15, -0.1) is 0 Å². The molecule has 0 aliphatic heterocycles. The van der Waals surface area contributed by atoms with Crippen LogP contribution in [0.5, 0.6) is 5.75 Å². The number of amides is 1. The minimum absolute atomic E-state index is 0.198. The van der Waals surface area contributed by atoms with E-state index in [2.05, 4.69) is 4.98 Å². The van der Waals surface area contributed by atoms with E-state index >= 15 is 0 Å². The van der Waals surface area contributed by atoms with E-state index in [0.29, 0.717) is 24.2 Å². The highest BCUT2D eigenvalue weighted by Crippen LogP contribution is 2.17. The molecule has 0 saturated heterocycles. The molecule has 3 aromatic rings. The van der Waals surface area contributed by atoms with E-state index in [0.717, 1.165) is 16.7 Å². The van der Waals surface area contributed by atoms with Crippen LogP contribution in [0.2, 0.25) is 0 Å². The number of aromatic nitrogens is 1. The topological polar surface area (TPSA) is 62.4 Å². The van der Waals surface area contributed by atoms with Crippen LogP contribution in [0.3, 0.4) is 0 Å². The number of para-hydroxylation sites is 2. The molecule has 25 heavy (non-hydrogen) atoms. The summed E-state index contributed by atoms with van der Waals surface area (Å²) < 4.78 is 5.74. The van der Waals surface area contributed by atoms with Gasteiger partial charge in [0.1, 0.15) is 12.4 Å². The van der Waals surface area contributed by atoms with Crippen LogP contribution < -0.4 is 10.3 Å². The van der Waals surface area contributed by atoms with Crippen molar-refractivity contribution in [3.8, 4) is 5.75 Å². The number of aryl methyl sites for hydroxylation is 1. The lowest BCUT2D eigenvalue weighted by atomic mass is 10.1. The molecule has 0 saturated carbocycles. The molecule has 0 atom stereocenters. The maximum absolute atomic E-state index is 12.7. The molecule has 128 valence electrons. The number of carbonyl (C=O) groups excluding carboxylic acids is 1. The summed E-state index contributed by atoms with van der Waals surface area (Å²) in [4.78, 5) is 28.9. The van der Waals surface area contributed by atoms with Crippen LogP contribution in [0.15, 0.2) is 59.4 Å². The number of fused-ring (bicyclic) bond motifs is 1. The first-order valence-electron chi connectivity index (χ1n) is 8.12. The summed E-state index contributed by atoms with van der Waals surface area (Å²) >= 11 is 0. The molecule has 1 aromatic heterocycles. The van der Waals surface area contributed by atoms with Gasteiger partial charge in [0, 0.05) is 24.0 Å². The number of aromatic amines is 1. The maximum Gasteiger partial charge on any atom is 0.254 e. The lowest BCUT2D eigenvalue weighted by Gasteiger charge is -2.19. The predicted molar refractivity (Wildman–Crippen MR) is 98.2 cm³/mol. The Balaban J connectivity index is 1.73. The highest BCUT2D eigenvalue weighted by Gasteiger charge is 2.16. The van der Waals surface area contributed by atoms with Crippen LogP contribution in [0.1, 0.15) is 15.9 Å². The van der Waals surface area contributed by atoms with E-state index < -0.39 is 0 Å². The van der Waals surface area contributed by atoms with Crippen LogP contribution in [-0.2, 0) is 0 Å². The van der Waals surface area contributed by atoms with Gasteiger partial charge in [0.15, 0.2) is 0 Å². The number of hydrogen-bond donors (Lipinski definition) is 1. The van der Waals surface area contributed by atoms with Crippen molar-refractivity contribution < 1.29 is 9.53 Å². The minimum Gasteiger partial charge on any atom is -0.491 e. The first kappa shape index (κ1) is 16.8. The van der Waals surface area contributed by atoms with Crippen molar-refractivity contribution in [1.82, 2.24) is 9.88 Å². The zero-order valence-electron chi connectivity index (χ0n) is 14.3. The van der Waals surface area contributed by atoms with Gasteiger partial charge in [-0.25, -0.2) is 0 Å². The summed E-state index contributed by atoms with van der Waals surface area (Å²) in [5.41, 5.74) is 1.82. The number of pyridine rings is 1. The normalized spacial score (nSPS) is 10.6. The molecule has 0 spiro atoms. The number of nitrogens with zero attached hydrogens (tertiary/aromatic N) is 1. The number of ether oxygens (including phenoxy) is 1. The third kappa shape index (κ3) is 3.71. The third-order valence-corrected chi connectivity index (χ3v) is 4.11. The lowest BCUT2D eigenvalue weighted by Crippen LogP contribution is -2.31. The number of benzene rings is 2. The van der Waals surface area contributed by atoms with E-state index in [1.54, 1.807) is 18.0 Å². The fraction of sp³-hybridized carbons (Fsp3) is 0.200. The van der Waals surface area contributed by atoms with Crippen molar-refractivity contribution in [2.75, 3.05) is 20.2 Å². The number of hydrogen-bond acceptors (Lipinski definition) is 3. The van der Waals surface area contributed by atoms with Gasteiger partial charge in [-0.1, -0.05) is 36.4 Å². The molecule has 0 radical (unpaired) electrons. The second-order valence-corrected chi connectivity index (χ2v) is 5.93. The smallest absolute Gasteiger partial charge is 0.254 e. The van der Waals surface area contributed by atoms with E-state index in [4.69, 9.17) is 4.74 Å². The molecule has 1 heterocycles. The summed E-state index contributed by atoms with van der Waals surface area (Å²) in [6.45, 7) is 2.79. The molecule has 2 aromatic carbocycles. The summed E-state index contributed by atoms with van der Waals surface area (Å²) in [5, 5.41) is 0.735. The summed E-state index contributed by atoms with van der Waals surface area (Å²) in [6, 6.07) is 16.4. The third-order valence-electron chi connectivity index (χ3n) is 4.11. The van der Waals surface area contributed by atoms with Gasteiger partial charge >= 0.3 is 0 Å². The standard InChI is InChI=1S/C20H20N2O3/c1-14-7-3-6-10-18(14)25-12-11-22(2)20(24)16-13-19(23)21-17-9-5-4-8-15(16)17/h3-10,13H,11-12H2,1-2H3,(H,21,23). The monoisotopic (exact) mass is 336 g/mol. The summed E-state index contributed by atoms with van der Waals surface area (Å²) in [7, 11) is 1.71. The average Bonchev–Trinajstić information content (AvgIpc) is 2.61. The van der Waals surface area contributed by atoms with Gasteiger partial charge in [-0.3, -0.25) is 9.59 Å². The van der Waals surface area contributed by atoms with E-state index in [9.17, 15) is 9.59 Å². The Bertz CT molecular complexity index is 962. The zero-order valence-corrected chi connectivity index (χ0v) is 14.3. The van der Waals surface area contributed by atoms with Gasteiger partial charge in [0.2, 0.25) is 5.56 Å². The largest absolute Gasteiger partial charge is 0.491 e. The van der Waals surface area contributed by atoms with Crippen molar-refractivity contribution in [3.63, 3.8) is 0 Å². The first-order valence-corrected chi connectivity index (χ1v) is 8.12. The highest BCUT2D eigenvalue weighted by molar-refractivity contribution is 6.05. The second-order valence-electron chi connectivity index (χ2n) is 5.93. The summed E-state index contributed by atoms with van der Waals surface area (Å²) in [6.07, 6.45) is 0. The van der Waals surface area contributed by atoms with Gasteiger partial charge in [-0.2, -0.15) is 0 Å². The van der Waals surface area contributed by atoms with Crippen molar-refractivity contribution in [1.29, 1.82) is 0 Å². The summed E-state index contributed by atoms with van der Waals surface area (Å²) in [5.74, 6) is 0.612. The van der Waals surface area contributed by atoms with E-state index in [-0.39, 0.29) is 11.5 Å². The number of rotatable bonds is 5.